The molecule has 2 aromatic carbocycles. The third-order valence-electron chi connectivity index (χ3n) is 7.13. The van der Waals surface area contributed by atoms with Gasteiger partial charge >= 0.3 is 0 Å². The number of aromatic nitrogens is 4. The molecule has 180 valence electrons. The summed E-state index contributed by atoms with van der Waals surface area (Å²) in [6.45, 7) is 5.68. The molecule has 0 atom stereocenters. The number of hydrogen-bond acceptors (Lipinski definition) is 5. The molecule has 1 fully saturated rings. The molecule has 6 rings (SSSR count). The highest BCUT2D eigenvalue weighted by molar-refractivity contribution is 5.84. The van der Waals surface area contributed by atoms with E-state index in [9.17, 15) is 0 Å². The molecule has 0 amide bonds. The van der Waals surface area contributed by atoms with Crippen molar-refractivity contribution in [2.24, 2.45) is 5.92 Å². The fourth-order valence-electron chi connectivity index (χ4n) is 4.99. The molecule has 4 heterocycles. The van der Waals surface area contributed by atoms with Crippen LogP contribution in [0.15, 0.2) is 85.1 Å². The number of hydrogen-bond donors (Lipinski definition) is 1. The number of nitrogens with zero attached hydrogens (tertiary/aromatic N) is 5. The number of imidazole rings is 1. The molecular formula is C30H30N6. The first kappa shape index (κ1) is 22.4. The van der Waals surface area contributed by atoms with E-state index in [4.69, 9.17) is 15.7 Å². The van der Waals surface area contributed by atoms with Crippen molar-refractivity contribution in [1.82, 2.24) is 24.4 Å². The Hall–Kier alpha value is -4.03. The molecule has 1 aliphatic heterocycles. The van der Waals surface area contributed by atoms with E-state index in [1.165, 1.54) is 31.5 Å². The van der Waals surface area contributed by atoms with Crippen LogP contribution in [0.5, 0.6) is 0 Å². The standard InChI is InChI=1S/C30H30N6/c1-21-15-18-35(19-16-21)20-22-9-11-24(12-10-22)36-29(25-8-5-17-32-28(25)31)34-27-14-13-26(33-30(27)36)23-6-3-2-4-7-23/h2-14,17,21H,15-16,18-20H2,1H3,(H2,31,32). The fourth-order valence-corrected chi connectivity index (χ4v) is 4.99. The van der Waals surface area contributed by atoms with E-state index in [2.05, 4.69) is 57.8 Å². The van der Waals surface area contributed by atoms with Gasteiger partial charge in [0.1, 0.15) is 11.3 Å². The quantitative estimate of drug-likeness (QED) is 0.340. The number of benzene rings is 2. The SMILES string of the molecule is CC1CCN(Cc2ccc(-n3c(-c4cccnc4N)nc4ccc(-c5ccccc5)nc43)cc2)CC1. The number of piperidine rings is 1. The molecule has 5 aromatic rings. The van der Waals surface area contributed by atoms with Gasteiger partial charge in [0.05, 0.1) is 11.3 Å². The summed E-state index contributed by atoms with van der Waals surface area (Å²) in [5.41, 5.74) is 13.0. The normalized spacial score (nSPS) is 14.9. The zero-order valence-electron chi connectivity index (χ0n) is 20.5. The van der Waals surface area contributed by atoms with E-state index < -0.39 is 0 Å². The van der Waals surface area contributed by atoms with Crippen molar-refractivity contribution in [2.75, 3.05) is 18.8 Å². The monoisotopic (exact) mass is 474 g/mol. The van der Waals surface area contributed by atoms with Gasteiger partial charge in [0.15, 0.2) is 11.5 Å². The maximum Gasteiger partial charge on any atom is 0.165 e. The summed E-state index contributed by atoms with van der Waals surface area (Å²) in [7, 11) is 0. The van der Waals surface area contributed by atoms with Gasteiger partial charge in [0.2, 0.25) is 0 Å². The second-order valence-corrected chi connectivity index (χ2v) is 9.74. The fraction of sp³-hybridized carbons (Fsp3) is 0.233. The van der Waals surface area contributed by atoms with Gasteiger partial charge in [0.25, 0.3) is 0 Å². The molecule has 2 N–H and O–H groups in total. The Balaban J connectivity index is 1.43. The highest BCUT2D eigenvalue weighted by Gasteiger charge is 2.19. The summed E-state index contributed by atoms with van der Waals surface area (Å²) in [4.78, 5) is 16.9. The lowest BCUT2D eigenvalue weighted by Gasteiger charge is -2.30. The molecule has 3 aromatic heterocycles. The minimum atomic E-state index is 0.452. The van der Waals surface area contributed by atoms with Crippen LogP contribution in [0.3, 0.4) is 0 Å². The minimum absolute atomic E-state index is 0.452. The van der Waals surface area contributed by atoms with E-state index in [1.807, 2.05) is 42.5 Å². The summed E-state index contributed by atoms with van der Waals surface area (Å²) < 4.78 is 2.10. The summed E-state index contributed by atoms with van der Waals surface area (Å²) >= 11 is 0. The number of fused-ring (bicyclic) bond motifs is 1. The Bertz CT molecular complexity index is 1480. The Morgan fingerprint density at radius 1 is 0.861 bits per heavy atom. The average molecular weight is 475 g/mol. The van der Waals surface area contributed by atoms with Gasteiger partial charge in [-0.05, 0) is 73.8 Å². The van der Waals surface area contributed by atoms with Crippen molar-refractivity contribution in [3.8, 4) is 28.3 Å². The predicted molar refractivity (Wildman–Crippen MR) is 146 cm³/mol. The lowest BCUT2D eigenvalue weighted by Crippen LogP contribution is -2.32. The van der Waals surface area contributed by atoms with Crippen LogP contribution in [0.1, 0.15) is 25.3 Å². The molecule has 36 heavy (non-hydrogen) atoms. The maximum atomic E-state index is 6.29. The van der Waals surface area contributed by atoms with Crippen molar-refractivity contribution in [3.05, 3.63) is 90.6 Å². The van der Waals surface area contributed by atoms with E-state index in [0.29, 0.717) is 5.82 Å². The van der Waals surface area contributed by atoms with E-state index in [0.717, 1.165) is 52.0 Å². The molecular weight excluding hydrogens is 444 g/mol. The van der Waals surface area contributed by atoms with Crippen LogP contribution >= 0.6 is 0 Å². The third-order valence-corrected chi connectivity index (χ3v) is 7.13. The van der Waals surface area contributed by atoms with Gasteiger partial charge in [-0.1, -0.05) is 49.4 Å². The molecule has 0 radical (unpaired) electrons. The Labute approximate surface area is 211 Å². The van der Waals surface area contributed by atoms with Crippen LogP contribution in [0, 0.1) is 5.92 Å². The molecule has 1 saturated heterocycles. The Morgan fingerprint density at radius 3 is 2.39 bits per heavy atom. The van der Waals surface area contributed by atoms with Crippen LogP contribution in [0.4, 0.5) is 5.82 Å². The highest BCUT2D eigenvalue weighted by atomic mass is 15.1. The van der Waals surface area contributed by atoms with Gasteiger partial charge in [-0.15, -0.1) is 0 Å². The topological polar surface area (TPSA) is 72.9 Å². The zero-order chi connectivity index (χ0) is 24.5. The van der Waals surface area contributed by atoms with Crippen LogP contribution < -0.4 is 5.73 Å². The van der Waals surface area contributed by atoms with Crippen molar-refractivity contribution < 1.29 is 0 Å². The second-order valence-electron chi connectivity index (χ2n) is 9.74. The molecule has 6 nitrogen and oxygen atoms in total. The average Bonchev–Trinajstić information content (AvgIpc) is 3.30. The Kier molecular flexibility index (Phi) is 5.95. The maximum absolute atomic E-state index is 6.29. The van der Waals surface area contributed by atoms with Crippen molar-refractivity contribution in [3.63, 3.8) is 0 Å². The molecule has 0 unspecified atom stereocenters. The molecule has 0 saturated carbocycles. The van der Waals surface area contributed by atoms with Gasteiger partial charge in [-0.2, -0.15) is 0 Å². The lowest BCUT2D eigenvalue weighted by atomic mass is 9.99. The van der Waals surface area contributed by atoms with Gasteiger partial charge in [-0.3, -0.25) is 9.47 Å². The van der Waals surface area contributed by atoms with Crippen molar-refractivity contribution in [1.29, 1.82) is 0 Å². The summed E-state index contributed by atoms with van der Waals surface area (Å²) in [6.07, 6.45) is 4.27. The molecule has 6 heteroatoms. The van der Waals surface area contributed by atoms with E-state index in [-0.39, 0.29) is 0 Å². The number of rotatable bonds is 5. The summed E-state index contributed by atoms with van der Waals surface area (Å²) in [6, 6.07) is 26.9. The number of nitrogen functional groups attached to an aromatic ring is 1. The number of anilines is 1. The largest absolute Gasteiger partial charge is 0.383 e. The summed E-state index contributed by atoms with van der Waals surface area (Å²) in [5, 5.41) is 0. The van der Waals surface area contributed by atoms with Crippen molar-refractivity contribution in [2.45, 2.75) is 26.3 Å². The predicted octanol–water partition coefficient (Wildman–Crippen LogP) is 5.96. The lowest BCUT2D eigenvalue weighted by molar-refractivity contribution is 0.185. The summed E-state index contributed by atoms with van der Waals surface area (Å²) in [5.74, 6) is 2.03. The molecule has 0 spiro atoms. The van der Waals surface area contributed by atoms with E-state index in [1.54, 1.807) is 6.20 Å². The Morgan fingerprint density at radius 2 is 1.64 bits per heavy atom. The first-order valence-electron chi connectivity index (χ1n) is 12.6. The third kappa shape index (κ3) is 4.36. The van der Waals surface area contributed by atoms with Crippen LogP contribution in [-0.2, 0) is 6.54 Å². The minimum Gasteiger partial charge on any atom is -0.383 e. The van der Waals surface area contributed by atoms with Crippen LogP contribution in [-0.4, -0.2) is 37.5 Å². The van der Waals surface area contributed by atoms with Crippen LogP contribution in [0.25, 0.3) is 39.5 Å². The second kappa shape index (κ2) is 9.55. The van der Waals surface area contributed by atoms with Crippen molar-refractivity contribution >= 4 is 17.0 Å². The first-order valence-corrected chi connectivity index (χ1v) is 12.6. The number of pyridine rings is 2. The van der Waals surface area contributed by atoms with Crippen LogP contribution in [0.2, 0.25) is 0 Å². The van der Waals surface area contributed by atoms with Gasteiger partial charge in [0, 0.05) is 24.0 Å². The molecule has 1 aliphatic rings. The van der Waals surface area contributed by atoms with Gasteiger partial charge < -0.3 is 5.73 Å². The molecule has 0 aliphatic carbocycles. The number of likely N-dealkylation sites (tertiary alicyclic amines) is 1. The number of nitrogens with two attached hydrogens (primary N) is 1. The highest BCUT2D eigenvalue weighted by Crippen LogP contribution is 2.32. The first-order chi connectivity index (χ1) is 17.7. The zero-order valence-corrected chi connectivity index (χ0v) is 20.5. The smallest absolute Gasteiger partial charge is 0.165 e. The van der Waals surface area contributed by atoms with Gasteiger partial charge in [-0.25, -0.2) is 15.0 Å². The molecule has 0 bridgehead atoms. The van der Waals surface area contributed by atoms with E-state index >= 15 is 0 Å².